The Morgan fingerprint density at radius 3 is 2.36 bits per heavy atom. The summed E-state index contributed by atoms with van der Waals surface area (Å²) in [6, 6.07) is 11.3. The Kier molecular flexibility index (Phi) is 6.07. The molecule has 3 nitrogen and oxygen atoms in total. The van der Waals surface area contributed by atoms with E-state index in [2.05, 4.69) is 26.1 Å². The van der Waals surface area contributed by atoms with Crippen molar-refractivity contribution in [2.24, 2.45) is 0 Å². The number of hydrogen-bond acceptors (Lipinski definition) is 2. The maximum absolute atomic E-state index is 13.2. The standard InChI is InChI=1S/C21H26N2OS/c1-6-22-20(25)18(23-13-7-8-15(2)14-23)19(24)16-9-11-17(12-10-16)21(3,4)5/h7-14,18H,6H2,1-5H3/p+1. The second-order valence-electron chi connectivity index (χ2n) is 7.32. The number of nitrogens with zero attached hydrogens (tertiary/aromatic N) is 1. The summed E-state index contributed by atoms with van der Waals surface area (Å²) in [5.41, 5.74) is 3.03. The summed E-state index contributed by atoms with van der Waals surface area (Å²) in [7, 11) is 0. The molecule has 132 valence electrons. The van der Waals surface area contributed by atoms with Crippen LogP contribution in [0.3, 0.4) is 0 Å². The number of nitrogens with one attached hydrogen (secondary N) is 1. The number of Topliss-reactive ketones (excluding diaryl/α,β-unsaturated/α-hetero) is 1. The fourth-order valence-electron chi connectivity index (χ4n) is 2.73. The van der Waals surface area contributed by atoms with Crippen molar-refractivity contribution in [3.63, 3.8) is 0 Å². The Balaban J connectivity index is 2.40. The molecule has 0 aliphatic heterocycles. The van der Waals surface area contributed by atoms with Crippen molar-refractivity contribution in [1.29, 1.82) is 0 Å². The zero-order valence-corrected chi connectivity index (χ0v) is 16.5. The van der Waals surface area contributed by atoms with E-state index in [1.54, 1.807) is 0 Å². The molecule has 0 bridgehead atoms. The minimum atomic E-state index is -0.532. The summed E-state index contributed by atoms with van der Waals surface area (Å²) < 4.78 is 1.89. The van der Waals surface area contributed by atoms with E-state index in [0.29, 0.717) is 17.1 Å². The highest BCUT2D eigenvalue weighted by Crippen LogP contribution is 2.23. The van der Waals surface area contributed by atoms with Gasteiger partial charge in [0.25, 0.3) is 6.04 Å². The first-order valence-electron chi connectivity index (χ1n) is 8.64. The molecular weight excluding hydrogens is 328 g/mol. The van der Waals surface area contributed by atoms with Gasteiger partial charge in [-0.1, -0.05) is 57.3 Å². The SMILES string of the molecule is CCNC(=S)C(C(=O)c1ccc(C(C)(C)C)cc1)[n+]1cccc(C)c1. The van der Waals surface area contributed by atoms with Crippen LogP contribution in [0.25, 0.3) is 0 Å². The van der Waals surface area contributed by atoms with Gasteiger partial charge in [0.15, 0.2) is 17.4 Å². The van der Waals surface area contributed by atoms with Crippen LogP contribution < -0.4 is 9.88 Å². The van der Waals surface area contributed by atoms with Gasteiger partial charge in [0.05, 0.1) is 0 Å². The third-order valence-electron chi connectivity index (χ3n) is 4.15. The number of pyridine rings is 1. The van der Waals surface area contributed by atoms with Gasteiger partial charge in [0.1, 0.15) is 0 Å². The Bertz CT molecular complexity index is 760. The zero-order chi connectivity index (χ0) is 18.6. The van der Waals surface area contributed by atoms with Gasteiger partial charge in [-0.2, -0.15) is 4.57 Å². The lowest BCUT2D eigenvalue weighted by Gasteiger charge is -2.19. The van der Waals surface area contributed by atoms with E-state index in [9.17, 15) is 4.79 Å². The molecule has 0 aliphatic carbocycles. The Hall–Kier alpha value is -2.07. The van der Waals surface area contributed by atoms with Crippen LogP contribution in [0.1, 0.15) is 55.2 Å². The van der Waals surface area contributed by atoms with Gasteiger partial charge in [-0.25, -0.2) is 0 Å². The molecule has 1 heterocycles. The zero-order valence-electron chi connectivity index (χ0n) is 15.7. The van der Waals surface area contributed by atoms with Crippen molar-refractivity contribution in [3.8, 4) is 0 Å². The molecular formula is C21H27N2OS+. The normalized spacial score (nSPS) is 12.5. The molecule has 1 aromatic heterocycles. The van der Waals surface area contributed by atoms with Gasteiger partial charge in [-0.15, -0.1) is 0 Å². The summed E-state index contributed by atoms with van der Waals surface area (Å²) >= 11 is 5.51. The quantitative estimate of drug-likeness (QED) is 0.501. The van der Waals surface area contributed by atoms with E-state index in [1.165, 1.54) is 5.56 Å². The lowest BCUT2D eigenvalue weighted by atomic mass is 9.86. The third-order valence-corrected chi connectivity index (χ3v) is 4.52. The Morgan fingerprint density at radius 1 is 1.20 bits per heavy atom. The fraction of sp³-hybridized carbons (Fsp3) is 0.381. The van der Waals surface area contributed by atoms with Gasteiger partial charge >= 0.3 is 0 Å². The van der Waals surface area contributed by atoms with Crippen molar-refractivity contribution in [2.75, 3.05) is 6.54 Å². The molecule has 4 heteroatoms. The molecule has 0 radical (unpaired) electrons. The number of likely N-dealkylation sites (N-methyl/N-ethyl adjacent to an activating group) is 1. The van der Waals surface area contributed by atoms with E-state index >= 15 is 0 Å². The van der Waals surface area contributed by atoms with Crippen molar-refractivity contribution >= 4 is 23.0 Å². The summed E-state index contributed by atoms with van der Waals surface area (Å²) in [6.07, 6.45) is 3.85. The third kappa shape index (κ3) is 4.73. The highest BCUT2D eigenvalue weighted by atomic mass is 32.1. The van der Waals surface area contributed by atoms with Gasteiger partial charge in [0, 0.05) is 23.7 Å². The number of ketones is 1. The molecule has 0 aliphatic rings. The van der Waals surface area contributed by atoms with Gasteiger partial charge in [-0.3, -0.25) is 4.79 Å². The molecule has 1 aromatic carbocycles. The molecule has 2 aromatic rings. The van der Waals surface area contributed by atoms with Crippen LogP contribution in [-0.2, 0) is 5.41 Å². The topological polar surface area (TPSA) is 33.0 Å². The lowest BCUT2D eigenvalue weighted by Crippen LogP contribution is -2.51. The number of thiocarbonyl (C=S) groups is 1. The first-order valence-corrected chi connectivity index (χ1v) is 9.04. The second-order valence-corrected chi connectivity index (χ2v) is 7.76. The Morgan fingerprint density at radius 2 is 1.84 bits per heavy atom. The largest absolute Gasteiger partial charge is 0.374 e. The molecule has 25 heavy (non-hydrogen) atoms. The molecule has 0 spiro atoms. The number of carbonyl (C=O) groups is 1. The Labute approximate surface area is 156 Å². The van der Waals surface area contributed by atoms with E-state index in [-0.39, 0.29) is 11.2 Å². The van der Waals surface area contributed by atoms with Crippen LogP contribution in [0.4, 0.5) is 0 Å². The first-order chi connectivity index (χ1) is 11.7. The smallest absolute Gasteiger partial charge is 0.270 e. The lowest BCUT2D eigenvalue weighted by molar-refractivity contribution is -0.692. The highest BCUT2D eigenvalue weighted by molar-refractivity contribution is 7.80. The molecule has 0 saturated heterocycles. The number of aryl methyl sites for hydroxylation is 1. The number of benzene rings is 1. The molecule has 2 rings (SSSR count). The van der Waals surface area contributed by atoms with Gasteiger partial charge < -0.3 is 5.32 Å². The second kappa shape index (κ2) is 7.87. The minimum absolute atomic E-state index is 0.00186. The summed E-state index contributed by atoms with van der Waals surface area (Å²) in [5.74, 6) is 0.00186. The van der Waals surface area contributed by atoms with Crippen molar-refractivity contribution in [1.82, 2.24) is 5.32 Å². The monoisotopic (exact) mass is 355 g/mol. The van der Waals surface area contributed by atoms with Crippen molar-refractivity contribution in [2.45, 2.75) is 46.1 Å². The first kappa shape index (κ1) is 19.3. The van der Waals surface area contributed by atoms with E-state index < -0.39 is 6.04 Å². The maximum Gasteiger partial charge on any atom is 0.270 e. The number of hydrogen-bond donors (Lipinski definition) is 1. The van der Waals surface area contributed by atoms with Crippen LogP contribution in [0.15, 0.2) is 48.8 Å². The van der Waals surface area contributed by atoms with Crippen LogP contribution in [-0.4, -0.2) is 17.3 Å². The number of carbonyl (C=O) groups excluding carboxylic acids is 1. The van der Waals surface area contributed by atoms with Crippen LogP contribution in [0.2, 0.25) is 0 Å². The average molecular weight is 356 g/mol. The predicted molar refractivity (Wildman–Crippen MR) is 106 cm³/mol. The molecule has 0 amide bonds. The van der Waals surface area contributed by atoms with Crippen LogP contribution in [0, 0.1) is 6.92 Å². The molecule has 1 atom stereocenters. The van der Waals surface area contributed by atoms with E-state index in [1.807, 2.05) is 67.2 Å². The summed E-state index contributed by atoms with van der Waals surface area (Å²) in [5, 5.41) is 3.14. The van der Waals surface area contributed by atoms with Crippen molar-refractivity contribution in [3.05, 3.63) is 65.5 Å². The fourth-order valence-corrected chi connectivity index (χ4v) is 3.10. The molecule has 0 saturated carbocycles. The molecule has 1 N–H and O–H groups in total. The summed E-state index contributed by atoms with van der Waals surface area (Å²) in [4.78, 5) is 13.7. The molecule has 1 unspecified atom stereocenters. The predicted octanol–water partition coefficient (Wildman–Crippen LogP) is 3.94. The highest BCUT2D eigenvalue weighted by Gasteiger charge is 2.33. The van der Waals surface area contributed by atoms with Crippen molar-refractivity contribution < 1.29 is 9.36 Å². The van der Waals surface area contributed by atoms with Gasteiger partial charge in [-0.05, 0) is 30.9 Å². The summed E-state index contributed by atoms with van der Waals surface area (Å²) in [6.45, 7) is 11.2. The van der Waals surface area contributed by atoms with E-state index in [4.69, 9.17) is 12.2 Å². The van der Waals surface area contributed by atoms with Crippen LogP contribution >= 0.6 is 12.2 Å². The average Bonchev–Trinajstić information content (AvgIpc) is 2.54. The van der Waals surface area contributed by atoms with Gasteiger partial charge in [0.2, 0.25) is 5.78 Å². The van der Waals surface area contributed by atoms with Crippen LogP contribution in [0.5, 0.6) is 0 Å². The molecule has 0 fully saturated rings. The maximum atomic E-state index is 13.2. The minimum Gasteiger partial charge on any atom is -0.374 e. The van der Waals surface area contributed by atoms with E-state index in [0.717, 1.165) is 5.56 Å². The number of aromatic nitrogens is 1. The number of rotatable bonds is 5.